The van der Waals surface area contributed by atoms with E-state index in [2.05, 4.69) is 15.4 Å². The summed E-state index contributed by atoms with van der Waals surface area (Å²) in [4.78, 5) is 16.7. The number of nitrogens with zero attached hydrogens (tertiary/aromatic N) is 3. The smallest absolute Gasteiger partial charge is 0.293 e. The van der Waals surface area contributed by atoms with Crippen molar-refractivity contribution in [2.45, 2.75) is 20.1 Å². The predicted molar refractivity (Wildman–Crippen MR) is 125 cm³/mol. The molecule has 7 heteroatoms. The van der Waals surface area contributed by atoms with Gasteiger partial charge in [0.1, 0.15) is 24.4 Å². The number of aryl methyl sites for hydroxylation is 1. The van der Waals surface area contributed by atoms with E-state index in [1.807, 2.05) is 73.7 Å². The fourth-order valence-corrected chi connectivity index (χ4v) is 3.52. The van der Waals surface area contributed by atoms with Crippen molar-refractivity contribution in [1.29, 1.82) is 0 Å². The molecule has 0 radical (unpaired) electrons. The SMILES string of the molecule is Cc1ccc(Cn2cnc(NC(=O)c3ccc(COc4cccc5ccccc45)o3)n2)cc1. The highest BCUT2D eigenvalue weighted by atomic mass is 16.5. The zero-order valence-electron chi connectivity index (χ0n) is 18.1. The maximum Gasteiger partial charge on any atom is 0.293 e. The van der Waals surface area contributed by atoms with E-state index in [9.17, 15) is 4.79 Å². The quantitative estimate of drug-likeness (QED) is 0.377. The largest absolute Gasteiger partial charge is 0.485 e. The van der Waals surface area contributed by atoms with Crippen LogP contribution in [0.1, 0.15) is 27.4 Å². The number of fused-ring (bicyclic) bond motifs is 1. The van der Waals surface area contributed by atoms with Crippen molar-refractivity contribution in [3.63, 3.8) is 0 Å². The fraction of sp³-hybridized carbons (Fsp3) is 0.115. The Kier molecular flexibility index (Phi) is 5.59. The molecule has 0 spiro atoms. The third-order valence-corrected chi connectivity index (χ3v) is 5.23. The summed E-state index contributed by atoms with van der Waals surface area (Å²) in [5, 5.41) is 9.11. The summed E-state index contributed by atoms with van der Waals surface area (Å²) < 4.78 is 13.3. The van der Waals surface area contributed by atoms with Crippen molar-refractivity contribution in [3.05, 3.63) is 108 Å². The number of rotatable bonds is 7. The number of nitrogens with one attached hydrogen (secondary N) is 1. The molecule has 0 aliphatic rings. The van der Waals surface area contributed by atoms with Crippen LogP contribution in [0.2, 0.25) is 0 Å². The van der Waals surface area contributed by atoms with E-state index < -0.39 is 5.91 Å². The maximum atomic E-state index is 12.5. The number of furan rings is 1. The number of amides is 1. The van der Waals surface area contributed by atoms with E-state index in [4.69, 9.17) is 9.15 Å². The van der Waals surface area contributed by atoms with E-state index in [1.165, 1.54) is 5.56 Å². The molecule has 1 N–H and O–H groups in total. The molecule has 0 saturated carbocycles. The molecule has 3 aromatic carbocycles. The normalized spacial score (nSPS) is 10.9. The van der Waals surface area contributed by atoms with Crippen LogP contribution >= 0.6 is 0 Å². The van der Waals surface area contributed by atoms with Gasteiger partial charge < -0.3 is 9.15 Å². The second-order valence-corrected chi connectivity index (χ2v) is 7.74. The number of carbonyl (C=O) groups excluding carboxylic acids is 1. The van der Waals surface area contributed by atoms with Gasteiger partial charge in [0.25, 0.3) is 5.91 Å². The lowest BCUT2D eigenvalue weighted by atomic mass is 10.1. The third kappa shape index (κ3) is 4.77. The maximum absolute atomic E-state index is 12.5. The minimum atomic E-state index is -0.417. The Balaban J connectivity index is 1.20. The van der Waals surface area contributed by atoms with Crippen LogP contribution in [0.5, 0.6) is 5.75 Å². The van der Waals surface area contributed by atoms with Crippen LogP contribution in [0, 0.1) is 6.92 Å². The van der Waals surface area contributed by atoms with Crippen LogP contribution in [0.15, 0.2) is 89.6 Å². The lowest BCUT2D eigenvalue weighted by Crippen LogP contribution is -2.12. The Morgan fingerprint density at radius 3 is 2.70 bits per heavy atom. The van der Waals surface area contributed by atoms with Gasteiger partial charge in [0.05, 0.1) is 6.54 Å². The second-order valence-electron chi connectivity index (χ2n) is 7.74. The lowest BCUT2D eigenvalue weighted by Gasteiger charge is -2.07. The summed E-state index contributed by atoms with van der Waals surface area (Å²) in [7, 11) is 0. The topological polar surface area (TPSA) is 82.2 Å². The Bertz CT molecular complexity index is 1400. The van der Waals surface area contributed by atoms with Crippen molar-refractivity contribution in [3.8, 4) is 5.75 Å². The van der Waals surface area contributed by atoms with Crippen LogP contribution in [0.25, 0.3) is 10.8 Å². The van der Waals surface area contributed by atoms with Crippen LogP contribution in [0.3, 0.4) is 0 Å². The summed E-state index contributed by atoms with van der Waals surface area (Å²) in [5.74, 6) is 1.28. The minimum absolute atomic E-state index is 0.168. The zero-order chi connectivity index (χ0) is 22.6. The van der Waals surface area contributed by atoms with Gasteiger partial charge in [-0.05, 0) is 36.1 Å². The molecule has 0 saturated heterocycles. The second kappa shape index (κ2) is 9.00. The molecule has 0 aliphatic carbocycles. The molecule has 5 rings (SSSR count). The summed E-state index contributed by atoms with van der Waals surface area (Å²) in [6.45, 7) is 2.83. The number of benzene rings is 3. The van der Waals surface area contributed by atoms with Crippen molar-refractivity contribution in [2.24, 2.45) is 0 Å². The van der Waals surface area contributed by atoms with E-state index in [-0.39, 0.29) is 18.3 Å². The number of carbonyl (C=O) groups is 1. The van der Waals surface area contributed by atoms with Gasteiger partial charge in [-0.15, -0.1) is 5.10 Å². The monoisotopic (exact) mass is 438 g/mol. The van der Waals surface area contributed by atoms with E-state index in [0.29, 0.717) is 12.3 Å². The average molecular weight is 438 g/mol. The molecule has 2 aromatic heterocycles. The van der Waals surface area contributed by atoms with E-state index in [0.717, 1.165) is 22.1 Å². The Labute approximate surface area is 190 Å². The van der Waals surface area contributed by atoms with Crippen molar-refractivity contribution in [1.82, 2.24) is 14.8 Å². The molecule has 0 bridgehead atoms. The van der Waals surface area contributed by atoms with E-state index >= 15 is 0 Å². The van der Waals surface area contributed by atoms with Crippen LogP contribution in [0.4, 0.5) is 5.95 Å². The van der Waals surface area contributed by atoms with Crippen LogP contribution < -0.4 is 10.1 Å². The Morgan fingerprint density at radius 1 is 1.00 bits per heavy atom. The molecule has 0 atom stereocenters. The van der Waals surface area contributed by atoms with Crippen LogP contribution in [-0.2, 0) is 13.2 Å². The molecular weight excluding hydrogens is 416 g/mol. The van der Waals surface area contributed by atoms with Gasteiger partial charge in [-0.2, -0.15) is 0 Å². The molecule has 0 aliphatic heterocycles. The molecule has 2 heterocycles. The summed E-state index contributed by atoms with van der Waals surface area (Å²) >= 11 is 0. The van der Waals surface area contributed by atoms with Gasteiger partial charge in [-0.1, -0.05) is 66.2 Å². The number of hydrogen-bond acceptors (Lipinski definition) is 5. The first-order valence-corrected chi connectivity index (χ1v) is 10.6. The van der Waals surface area contributed by atoms with E-state index in [1.54, 1.807) is 23.1 Å². The van der Waals surface area contributed by atoms with Gasteiger partial charge in [-0.25, -0.2) is 9.67 Å². The molecule has 0 unspecified atom stereocenters. The zero-order valence-corrected chi connectivity index (χ0v) is 18.1. The van der Waals surface area contributed by atoms with Gasteiger partial charge in [-0.3, -0.25) is 10.1 Å². The minimum Gasteiger partial charge on any atom is -0.485 e. The standard InChI is InChI=1S/C26H22N4O3/c1-18-9-11-19(12-10-18)15-30-17-27-26(29-30)28-25(31)24-14-13-21(33-24)16-32-23-8-4-6-20-5-2-3-7-22(20)23/h2-14,17H,15-16H2,1H3,(H,28,29,31). The molecular formula is C26H22N4O3. The van der Waals surface area contributed by atoms with Crippen molar-refractivity contribution >= 4 is 22.6 Å². The Morgan fingerprint density at radius 2 is 1.82 bits per heavy atom. The lowest BCUT2D eigenvalue weighted by molar-refractivity contribution is 0.0991. The first kappa shape index (κ1) is 20.5. The molecule has 0 fully saturated rings. The molecule has 7 nitrogen and oxygen atoms in total. The van der Waals surface area contributed by atoms with Gasteiger partial charge in [0.2, 0.25) is 5.95 Å². The van der Waals surface area contributed by atoms with Gasteiger partial charge >= 0.3 is 0 Å². The van der Waals surface area contributed by atoms with Gasteiger partial charge in [0.15, 0.2) is 5.76 Å². The molecule has 1 amide bonds. The van der Waals surface area contributed by atoms with Crippen molar-refractivity contribution < 1.29 is 13.9 Å². The predicted octanol–water partition coefficient (Wildman–Crippen LogP) is 5.21. The highest BCUT2D eigenvalue weighted by Gasteiger charge is 2.14. The third-order valence-electron chi connectivity index (χ3n) is 5.23. The number of ether oxygens (including phenoxy) is 1. The number of hydrogen-bond donors (Lipinski definition) is 1. The van der Waals surface area contributed by atoms with Gasteiger partial charge in [0, 0.05) is 5.39 Å². The number of aromatic nitrogens is 3. The molecule has 5 aromatic rings. The average Bonchev–Trinajstić information content (AvgIpc) is 3.49. The summed E-state index contributed by atoms with van der Waals surface area (Å²) in [5.41, 5.74) is 2.30. The highest BCUT2D eigenvalue weighted by Crippen LogP contribution is 2.26. The first-order chi connectivity index (χ1) is 16.1. The number of anilines is 1. The molecule has 33 heavy (non-hydrogen) atoms. The summed E-state index contributed by atoms with van der Waals surface area (Å²) in [6, 6.07) is 25.4. The highest BCUT2D eigenvalue weighted by molar-refractivity contribution is 6.01. The first-order valence-electron chi connectivity index (χ1n) is 10.6. The Hall–Kier alpha value is -4.39. The fourth-order valence-electron chi connectivity index (χ4n) is 3.52. The van der Waals surface area contributed by atoms with Crippen molar-refractivity contribution in [2.75, 3.05) is 5.32 Å². The molecule has 164 valence electrons. The summed E-state index contributed by atoms with van der Waals surface area (Å²) in [6.07, 6.45) is 1.58. The van der Waals surface area contributed by atoms with Crippen LogP contribution in [-0.4, -0.2) is 20.7 Å².